The minimum absolute atomic E-state index is 0.0676. The van der Waals surface area contributed by atoms with Crippen molar-refractivity contribution in [3.8, 4) is 0 Å². The maximum absolute atomic E-state index is 12.6. The van der Waals surface area contributed by atoms with Crippen molar-refractivity contribution in [1.82, 2.24) is 0 Å². The van der Waals surface area contributed by atoms with Crippen LogP contribution in [0.3, 0.4) is 0 Å². The van der Waals surface area contributed by atoms with E-state index in [9.17, 15) is 21.6 Å². The van der Waals surface area contributed by atoms with Gasteiger partial charge in [0.05, 0.1) is 16.8 Å². The molecule has 3 rings (SSSR count). The number of sulfonamides is 2. The first-order chi connectivity index (χ1) is 16.4. The highest BCUT2D eigenvalue weighted by Crippen LogP contribution is 2.20. The molecule has 0 saturated carbocycles. The number of benzene rings is 3. The number of hydrogen-bond acceptors (Lipinski definition) is 5. The van der Waals surface area contributed by atoms with Crippen molar-refractivity contribution in [1.29, 1.82) is 0 Å². The maximum Gasteiger partial charge on any atom is 0.261 e. The number of hydrogen-bond donors (Lipinski definition) is 2. The Kier molecular flexibility index (Phi) is 8.18. The molecule has 8 nitrogen and oxygen atoms in total. The van der Waals surface area contributed by atoms with Gasteiger partial charge in [-0.3, -0.25) is 13.8 Å². The summed E-state index contributed by atoms with van der Waals surface area (Å²) in [4.78, 5) is 12.4. The maximum atomic E-state index is 12.6. The van der Waals surface area contributed by atoms with Gasteiger partial charge in [-0.2, -0.15) is 0 Å². The standard InChI is InChI=1S/C25H29N3O5S2/c1-19-6-10-22(11-7-19)27-35(32,33)24-16-12-21(13-17-24)26-25(29)5-4-18-28(34(3,30)31)23-14-8-20(2)9-15-23/h6-17,27H,4-5,18H2,1-3H3,(H,26,29). The Hall–Kier alpha value is -3.37. The molecule has 2 N–H and O–H groups in total. The highest BCUT2D eigenvalue weighted by molar-refractivity contribution is 7.92. The van der Waals surface area contributed by atoms with E-state index in [-0.39, 0.29) is 23.8 Å². The minimum Gasteiger partial charge on any atom is -0.326 e. The molecule has 186 valence electrons. The van der Waals surface area contributed by atoms with Crippen LogP contribution in [0.1, 0.15) is 24.0 Å². The lowest BCUT2D eigenvalue weighted by Gasteiger charge is -2.22. The van der Waals surface area contributed by atoms with Gasteiger partial charge in [0.15, 0.2) is 0 Å². The van der Waals surface area contributed by atoms with Crippen LogP contribution in [0.4, 0.5) is 17.1 Å². The van der Waals surface area contributed by atoms with Crippen molar-refractivity contribution >= 4 is 43.0 Å². The second kappa shape index (κ2) is 10.9. The Morgan fingerprint density at radius 1 is 0.771 bits per heavy atom. The second-order valence-electron chi connectivity index (χ2n) is 8.32. The Morgan fingerprint density at radius 3 is 1.83 bits per heavy atom. The zero-order valence-electron chi connectivity index (χ0n) is 19.9. The number of aryl methyl sites for hydroxylation is 2. The zero-order valence-corrected chi connectivity index (χ0v) is 21.5. The van der Waals surface area contributed by atoms with Crippen LogP contribution in [0.5, 0.6) is 0 Å². The van der Waals surface area contributed by atoms with Crippen molar-refractivity contribution in [3.63, 3.8) is 0 Å². The molecule has 3 aromatic rings. The van der Waals surface area contributed by atoms with Crippen LogP contribution in [0, 0.1) is 13.8 Å². The molecular weight excluding hydrogens is 486 g/mol. The summed E-state index contributed by atoms with van der Waals surface area (Å²) < 4.78 is 53.4. The molecule has 1 amide bonds. The molecule has 0 heterocycles. The van der Waals surface area contributed by atoms with Crippen molar-refractivity contribution in [2.45, 2.75) is 31.6 Å². The molecule has 0 aliphatic heterocycles. The van der Waals surface area contributed by atoms with Gasteiger partial charge in [-0.15, -0.1) is 0 Å². The van der Waals surface area contributed by atoms with E-state index in [1.807, 2.05) is 38.1 Å². The molecule has 0 fully saturated rings. The average Bonchev–Trinajstić information content (AvgIpc) is 2.78. The number of nitrogens with zero attached hydrogens (tertiary/aromatic N) is 1. The molecule has 0 spiro atoms. The van der Waals surface area contributed by atoms with Crippen LogP contribution in [0.15, 0.2) is 77.7 Å². The highest BCUT2D eigenvalue weighted by atomic mass is 32.2. The number of anilines is 3. The van der Waals surface area contributed by atoms with E-state index in [4.69, 9.17) is 0 Å². The summed E-state index contributed by atoms with van der Waals surface area (Å²) in [6.45, 7) is 4.00. The van der Waals surface area contributed by atoms with Gasteiger partial charge in [0.25, 0.3) is 10.0 Å². The van der Waals surface area contributed by atoms with Crippen LogP contribution in [-0.4, -0.2) is 35.5 Å². The summed E-state index contributed by atoms with van der Waals surface area (Å²) >= 11 is 0. The molecule has 0 aromatic heterocycles. The van der Waals surface area contributed by atoms with E-state index in [2.05, 4.69) is 10.0 Å². The number of carbonyl (C=O) groups excluding carboxylic acids is 1. The summed E-state index contributed by atoms with van der Waals surface area (Å²) in [7, 11) is -7.26. The average molecular weight is 516 g/mol. The molecular formula is C25H29N3O5S2. The molecule has 35 heavy (non-hydrogen) atoms. The van der Waals surface area contributed by atoms with Crippen molar-refractivity contribution in [3.05, 3.63) is 83.9 Å². The summed E-state index contributed by atoms with van der Waals surface area (Å²) in [6.07, 6.45) is 1.56. The van der Waals surface area contributed by atoms with E-state index in [0.29, 0.717) is 23.5 Å². The summed E-state index contributed by atoms with van der Waals surface area (Å²) in [5, 5.41) is 2.71. The summed E-state index contributed by atoms with van der Waals surface area (Å²) in [5.74, 6) is -0.296. The number of nitrogens with one attached hydrogen (secondary N) is 2. The van der Waals surface area contributed by atoms with Gasteiger partial charge in [-0.1, -0.05) is 35.4 Å². The van der Waals surface area contributed by atoms with Crippen LogP contribution >= 0.6 is 0 Å². The Morgan fingerprint density at radius 2 is 1.29 bits per heavy atom. The Bertz CT molecular complexity index is 1370. The third kappa shape index (κ3) is 7.56. The van der Waals surface area contributed by atoms with Crippen LogP contribution < -0.4 is 14.3 Å². The fourth-order valence-electron chi connectivity index (χ4n) is 3.36. The molecule has 10 heteroatoms. The van der Waals surface area contributed by atoms with Gasteiger partial charge in [0, 0.05) is 24.3 Å². The molecule has 0 atom stereocenters. The van der Waals surface area contributed by atoms with Crippen LogP contribution in [0.2, 0.25) is 0 Å². The Balaban J connectivity index is 1.56. The fraction of sp³-hybridized carbons (Fsp3) is 0.240. The molecule has 0 saturated heterocycles. The normalized spacial score (nSPS) is 11.6. The molecule has 0 radical (unpaired) electrons. The summed E-state index contributed by atoms with van der Waals surface area (Å²) in [5.41, 5.74) is 3.50. The van der Waals surface area contributed by atoms with Crippen molar-refractivity contribution in [2.24, 2.45) is 0 Å². The summed E-state index contributed by atoms with van der Waals surface area (Å²) in [6, 6.07) is 20.0. The predicted molar refractivity (Wildman–Crippen MR) is 140 cm³/mol. The smallest absolute Gasteiger partial charge is 0.261 e. The molecule has 0 aliphatic rings. The monoisotopic (exact) mass is 515 g/mol. The van der Waals surface area contributed by atoms with E-state index in [0.717, 1.165) is 17.4 Å². The van der Waals surface area contributed by atoms with Crippen LogP contribution in [0.25, 0.3) is 0 Å². The fourth-order valence-corrected chi connectivity index (χ4v) is 5.38. The highest BCUT2D eigenvalue weighted by Gasteiger charge is 2.18. The zero-order chi connectivity index (χ0) is 25.6. The lowest BCUT2D eigenvalue weighted by Crippen LogP contribution is -2.31. The van der Waals surface area contributed by atoms with E-state index in [1.54, 1.807) is 24.3 Å². The van der Waals surface area contributed by atoms with Gasteiger partial charge in [-0.05, 0) is 68.8 Å². The van der Waals surface area contributed by atoms with Gasteiger partial charge >= 0.3 is 0 Å². The van der Waals surface area contributed by atoms with Crippen molar-refractivity contribution < 1.29 is 21.6 Å². The molecule has 0 aliphatic carbocycles. The Labute approximate surface area is 207 Å². The topological polar surface area (TPSA) is 113 Å². The first-order valence-electron chi connectivity index (χ1n) is 11.0. The number of amides is 1. The van der Waals surface area contributed by atoms with E-state index < -0.39 is 20.0 Å². The first-order valence-corrected chi connectivity index (χ1v) is 14.3. The third-order valence-electron chi connectivity index (χ3n) is 5.24. The van der Waals surface area contributed by atoms with E-state index >= 15 is 0 Å². The van der Waals surface area contributed by atoms with Gasteiger partial charge in [0.1, 0.15) is 0 Å². The van der Waals surface area contributed by atoms with E-state index in [1.165, 1.54) is 28.6 Å². The van der Waals surface area contributed by atoms with Gasteiger partial charge < -0.3 is 5.32 Å². The van der Waals surface area contributed by atoms with Crippen LogP contribution in [-0.2, 0) is 24.8 Å². The first kappa shape index (κ1) is 26.2. The predicted octanol–water partition coefficient (Wildman–Crippen LogP) is 4.29. The quantitative estimate of drug-likeness (QED) is 0.418. The van der Waals surface area contributed by atoms with Gasteiger partial charge in [0.2, 0.25) is 15.9 Å². The molecule has 0 bridgehead atoms. The van der Waals surface area contributed by atoms with Gasteiger partial charge in [-0.25, -0.2) is 16.8 Å². The van der Waals surface area contributed by atoms with Crippen molar-refractivity contribution in [2.75, 3.05) is 27.1 Å². The minimum atomic E-state index is -3.76. The molecule has 0 unspecified atom stereocenters. The lowest BCUT2D eigenvalue weighted by molar-refractivity contribution is -0.116. The lowest BCUT2D eigenvalue weighted by atomic mass is 10.2. The SMILES string of the molecule is Cc1ccc(NS(=O)(=O)c2ccc(NC(=O)CCCN(c3ccc(C)cc3)S(C)(=O)=O)cc2)cc1. The second-order valence-corrected chi connectivity index (χ2v) is 11.9. The largest absolute Gasteiger partial charge is 0.326 e. The third-order valence-corrected chi connectivity index (χ3v) is 7.83. The molecule has 3 aromatic carbocycles. The number of carbonyl (C=O) groups is 1. The number of rotatable bonds is 10.